The van der Waals surface area contributed by atoms with E-state index in [0.717, 1.165) is 11.3 Å². The van der Waals surface area contributed by atoms with Gasteiger partial charge >= 0.3 is 0 Å². The summed E-state index contributed by atoms with van der Waals surface area (Å²) >= 11 is 0. The second-order valence-corrected chi connectivity index (χ2v) is 3.16. The number of hydrogen-bond donors (Lipinski definition) is 3. The number of carbonyl (C=O) groups excluding carboxylic acids is 1. The normalized spacial score (nSPS) is 9.20. The van der Waals surface area contributed by atoms with Crippen LogP contribution in [0.15, 0.2) is 18.2 Å². The molecule has 0 atom stereocenters. The molecule has 0 saturated heterocycles. The summed E-state index contributed by atoms with van der Waals surface area (Å²) in [6, 6.07) is 5.36. The van der Waals surface area contributed by atoms with Crippen LogP contribution in [0.3, 0.4) is 0 Å². The van der Waals surface area contributed by atoms with Gasteiger partial charge in [-0.2, -0.15) is 0 Å². The van der Waals surface area contributed by atoms with Gasteiger partial charge in [-0.3, -0.25) is 4.79 Å². The summed E-state index contributed by atoms with van der Waals surface area (Å²) in [5, 5.41) is 2.76. The van der Waals surface area contributed by atoms with Gasteiger partial charge in [0.15, 0.2) is 0 Å². The first-order valence-corrected chi connectivity index (χ1v) is 4.49. The van der Waals surface area contributed by atoms with Crippen LogP contribution in [0.4, 0.5) is 11.4 Å². The molecule has 1 rings (SSSR count). The molecule has 84 valence electrons. The van der Waals surface area contributed by atoms with Crippen LogP contribution in [-0.2, 0) is 4.79 Å². The highest BCUT2D eigenvalue weighted by Crippen LogP contribution is 2.17. The van der Waals surface area contributed by atoms with Crippen LogP contribution in [0, 0.1) is 6.92 Å². The average Bonchev–Trinajstić information content (AvgIpc) is 2.10. The zero-order valence-electron chi connectivity index (χ0n) is 8.62. The Morgan fingerprint density at radius 3 is 2.67 bits per heavy atom. The zero-order valence-corrected chi connectivity index (χ0v) is 9.43. The summed E-state index contributed by atoms with van der Waals surface area (Å²) in [5.74, 6) is -0.0691. The van der Waals surface area contributed by atoms with E-state index in [2.05, 4.69) is 5.32 Å². The van der Waals surface area contributed by atoms with Gasteiger partial charge in [0.25, 0.3) is 0 Å². The van der Waals surface area contributed by atoms with E-state index < -0.39 is 0 Å². The summed E-state index contributed by atoms with van der Waals surface area (Å²) in [7, 11) is 0. The highest BCUT2D eigenvalue weighted by atomic mass is 35.5. The van der Waals surface area contributed by atoms with Crippen molar-refractivity contribution in [3.05, 3.63) is 23.8 Å². The number of amides is 1. The molecule has 1 amide bonds. The van der Waals surface area contributed by atoms with Crippen molar-refractivity contribution >= 4 is 29.7 Å². The molecule has 1 aromatic carbocycles. The minimum atomic E-state index is -0.0691. The third-order valence-electron chi connectivity index (χ3n) is 1.90. The van der Waals surface area contributed by atoms with Crippen molar-refractivity contribution in [1.82, 2.24) is 0 Å². The highest BCUT2D eigenvalue weighted by Gasteiger charge is 2.03. The summed E-state index contributed by atoms with van der Waals surface area (Å²) in [6.45, 7) is 2.26. The fourth-order valence-electron chi connectivity index (χ4n) is 1.17. The number of aryl methyl sites for hydroxylation is 1. The molecule has 0 unspecified atom stereocenters. The lowest BCUT2D eigenvalue weighted by atomic mass is 10.2. The maximum Gasteiger partial charge on any atom is 0.225 e. The lowest BCUT2D eigenvalue weighted by Crippen LogP contribution is -2.16. The number of benzene rings is 1. The van der Waals surface area contributed by atoms with Gasteiger partial charge in [-0.05, 0) is 30.7 Å². The number of anilines is 2. The maximum atomic E-state index is 11.2. The van der Waals surface area contributed by atoms with Gasteiger partial charge in [0.1, 0.15) is 0 Å². The number of hydrogen-bond acceptors (Lipinski definition) is 3. The molecule has 0 radical (unpaired) electrons. The van der Waals surface area contributed by atoms with E-state index in [9.17, 15) is 4.79 Å². The average molecular weight is 230 g/mol. The number of halogens is 1. The molecule has 0 saturated carbocycles. The Morgan fingerprint density at radius 1 is 1.47 bits per heavy atom. The molecular formula is C10H16ClN3O. The largest absolute Gasteiger partial charge is 0.399 e. The van der Waals surface area contributed by atoms with Crippen LogP contribution in [0.25, 0.3) is 0 Å². The lowest BCUT2D eigenvalue weighted by molar-refractivity contribution is -0.116. The molecule has 1 aromatic rings. The fraction of sp³-hybridized carbons (Fsp3) is 0.300. The smallest absolute Gasteiger partial charge is 0.225 e. The van der Waals surface area contributed by atoms with E-state index in [0.29, 0.717) is 18.7 Å². The number of nitrogen functional groups attached to an aromatic ring is 1. The quantitative estimate of drug-likeness (QED) is 0.683. The van der Waals surface area contributed by atoms with Crippen LogP contribution in [0.5, 0.6) is 0 Å². The van der Waals surface area contributed by atoms with Crippen molar-refractivity contribution in [3.63, 3.8) is 0 Å². The first-order valence-electron chi connectivity index (χ1n) is 4.49. The van der Waals surface area contributed by atoms with Crippen LogP contribution >= 0.6 is 12.4 Å². The van der Waals surface area contributed by atoms with Gasteiger partial charge < -0.3 is 16.8 Å². The van der Waals surface area contributed by atoms with Crippen LogP contribution in [0.1, 0.15) is 12.0 Å². The molecule has 0 aliphatic rings. The summed E-state index contributed by atoms with van der Waals surface area (Å²) in [4.78, 5) is 11.2. The van der Waals surface area contributed by atoms with Gasteiger partial charge in [0.05, 0.1) is 0 Å². The maximum absolute atomic E-state index is 11.2. The van der Waals surface area contributed by atoms with Gasteiger partial charge in [0.2, 0.25) is 5.91 Å². The standard InChI is InChI=1S/C10H15N3O.ClH/c1-7-6-8(12)2-3-9(7)13-10(14)4-5-11;/h2-3,6H,4-5,11-12H2,1H3,(H,13,14);1H. The van der Waals surface area contributed by atoms with Crippen molar-refractivity contribution in [2.45, 2.75) is 13.3 Å². The lowest BCUT2D eigenvalue weighted by Gasteiger charge is -2.08. The van der Waals surface area contributed by atoms with E-state index in [1.54, 1.807) is 12.1 Å². The number of carbonyl (C=O) groups is 1. The van der Waals surface area contributed by atoms with E-state index in [1.807, 2.05) is 13.0 Å². The molecule has 0 heterocycles. The Labute approximate surface area is 95.4 Å². The molecular weight excluding hydrogens is 214 g/mol. The zero-order chi connectivity index (χ0) is 10.6. The Bertz CT molecular complexity index is 341. The minimum absolute atomic E-state index is 0. The Hall–Kier alpha value is -1.26. The third-order valence-corrected chi connectivity index (χ3v) is 1.90. The van der Waals surface area contributed by atoms with E-state index in [-0.39, 0.29) is 18.3 Å². The third kappa shape index (κ3) is 4.18. The summed E-state index contributed by atoms with van der Waals surface area (Å²) < 4.78 is 0. The first-order chi connectivity index (χ1) is 6.63. The Balaban J connectivity index is 0.00000196. The van der Waals surface area contributed by atoms with Crippen molar-refractivity contribution in [2.24, 2.45) is 5.73 Å². The molecule has 0 bridgehead atoms. The molecule has 0 aliphatic heterocycles. The molecule has 0 spiro atoms. The van der Waals surface area contributed by atoms with Crippen molar-refractivity contribution in [3.8, 4) is 0 Å². The predicted molar refractivity (Wildman–Crippen MR) is 65.1 cm³/mol. The molecule has 0 aliphatic carbocycles. The number of nitrogens with two attached hydrogens (primary N) is 2. The minimum Gasteiger partial charge on any atom is -0.399 e. The second-order valence-electron chi connectivity index (χ2n) is 3.16. The highest BCUT2D eigenvalue weighted by molar-refractivity contribution is 5.91. The van der Waals surface area contributed by atoms with Crippen LogP contribution in [-0.4, -0.2) is 12.5 Å². The van der Waals surface area contributed by atoms with E-state index in [4.69, 9.17) is 11.5 Å². The fourth-order valence-corrected chi connectivity index (χ4v) is 1.17. The van der Waals surface area contributed by atoms with Gasteiger partial charge in [-0.15, -0.1) is 12.4 Å². The van der Waals surface area contributed by atoms with Crippen LogP contribution < -0.4 is 16.8 Å². The predicted octanol–water partition coefficient (Wildman–Crippen LogP) is 1.29. The monoisotopic (exact) mass is 229 g/mol. The summed E-state index contributed by atoms with van der Waals surface area (Å²) in [6.07, 6.45) is 0.337. The molecule has 15 heavy (non-hydrogen) atoms. The van der Waals surface area contributed by atoms with Crippen molar-refractivity contribution in [2.75, 3.05) is 17.6 Å². The van der Waals surface area contributed by atoms with Crippen molar-refractivity contribution < 1.29 is 4.79 Å². The molecule has 0 aromatic heterocycles. The number of nitrogens with one attached hydrogen (secondary N) is 1. The molecule has 4 nitrogen and oxygen atoms in total. The second kappa shape index (κ2) is 6.27. The Morgan fingerprint density at radius 2 is 2.13 bits per heavy atom. The van der Waals surface area contributed by atoms with Gasteiger partial charge in [0, 0.05) is 24.3 Å². The molecule has 0 fully saturated rings. The molecule has 5 heteroatoms. The topological polar surface area (TPSA) is 81.1 Å². The van der Waals surface area contributed by atoms with E-state index in [1.165, 1.54) is 0 Å². The van der Waals surface area contributed by atoms with Gasteiger partial charge in [-0.1, -0.05) is 0 Å². The van der Waals surface area contributed by atoms with Gasteiger partial charge in [-0.25, -0.2) is 0 Å². The van der Waals surface area contributed by atoms with Crippen molar-refractivity contribution in [1.29, 1.82) is 0 Å². The van der Waals surface area contributed by atoms with Crippen LogP contribution in [0.2, 0.25) is 0 Å². The SMILES string of the molecule is Cc1cc(N)ccc1NC(=O)CCN.Cl. The molecule has 5 N–H and O–H groups in total. The summed E-state index contributed by atoms with van der Waals surface area (Å²) in [5.41, 5.74) is 13.3. The van der Waals surface area contributed by atoms with E-state index >= 15 is 0 Å². The first kappa shape index (κ1) is 13.7. The Kier molecular flexibility index (Phi) is 5.74. The number of rotatable bonds is 3.